The molecular formula is C12H14ClNO3S. The molecule has 1 unspecified atom stereocenters. The van der Waals surface area contributed by atoms with Gasteiger partial charge in [-0.2, -0.15) is 0 Å². The molecule has 0 heterocycles. The highest BCUT2D eigenvalue weighted by molar-refractivity contribution is 7.89. The van der Waals surface area contributed by atoms with E-state index in [2.05, 4.69) is 4.72 Å². The summed E-state index contributed by atoms with van der Waals surface area (Å²) in [5, 5.41) is 0.488. The van der Waals surface area contributed by atoms with Gasteiger partial charge in [0, 0.05) is 23.9 Å². The first-order valence-electron chi connectivity index (χ1n) is 5.77. The second kappa shape index (κ2) is 5.38. The van der Waals surface area contributed by atoms with Gasteiger partial charge in [0.1, 0.15) is 5.78 Å². The third-order valence-corrected chi connectivity index (χ3v) is 4.72. The first-order valence-corrected chi connectivity index (χ1v) is 7.63. The van der Waals surface area contributed by atoms with E-state index in [1.165, 1.54) is 24.3 Å². The molecule has 0 radical (unpaired) electrons. The second-order valence-electron chi connectivity index (χ2n) is 4.41. The fraction of sp³-hybridized carbons (Fsp3) is 0.417. The van der Waals surface area contributed by atoms with Crippen LogP contribution >= 0.6 is 11.6 Å². The Bertz CT molecular complexity index is 539. The lowest BCUT2D eigenvalue weighted by Gasteiger charge is -2.21. The number of sulfonamides is 1. The number of nitrogens with one attached hydrogen (secondary N) is 1. The molecule has 1 aliphatic rings. The van der Waals surface area contributed by atoms with Gasteiger partial charge in [0.15, 0.2) is 0 Å². The van der Waals surface area contributed by atoms with Gasteiger partial charge in [-0.3, -0.25) is 4.79 Å². The summed E-state index contributed by atoms with van der Waals surface area (Å²) in [5.41, 5.74) is 0. The van der Waals surface area contributed by atoms with Gasteiger partial charge in [0.25, 0.3) is 0 Å². The molecule has 0 aromatic heterocycles. The summed E-state index contributed by atoms with van der Waals surface area (Å²) in [7, 11) is -3.56. The van der Waals surface area contributed by atoms with Crippen LogP contribution in [0.3, 0.4) is 0 Å². The summed E-state index contributed by atoms with van der Waals surface area (Å²) in [6.45, 7) is 0. The zero-order valence-electron chi connectivity index (χ0n) is 9.73. The lowest BCUT2D eigenvalue weighted by Crippen LogP contribution is -2.38. The molecule has 1 saturated carbocycles. The minimum atomic E-state index is -3.56. The van der Waals surface area contributed by atoms with Crippen molar-refractivity contribution in [2.24, 2.45) is 0 Å². The predicted molar refractivity (Wildman–Crippen MR) is 69.0 cm³/mol. The van der Waals surface area contributed by atoms with Crippen LogP contribution in [0.4, 0.5) is 0 Å². The minimum absolute atomic E-state index is 0.116. The molecule has 1 N–H and O–H groups in total. The van der Waals surface area contributed by atoms with Crippen LogP contribution in [0.25, 0.3) is 0 Å². The van der Waals surface area contributed by atoms with E-state index in [9.17, 15) is 13.2 Å². The first-order chi connectivity index (χ1) is 8.47. The summed E-state index contributed by atoms with van der Waals surface area (Å²) in [6.07, 6.45) is 2.29. The summed E-state index contributed by atoms with van der Waals surface area (Å²) >= 11 is 5.71. The topological polar surface area (TPSA) is 63.2 Å². The molecule has 0 saturated heterocycles. The molecule has 0 aliphatic heterocycles. The number of ketones is 1. The Kier molecular flexibility index (Phi) is 4.04. The van der Waals surface area contributed by atoms with E-state index >= 15 is 0 Å². The number of rotatable bonds is 3. The van der Waals surface area contributed by atoms with E-state index in [0.29, 0.717) is 17.9 Å². The quantitative estimate of drug-likeness (QED) is 0.926. The van der Waals surface area contributed by atoms with E-state index in [0.717, 1.165) is 6.42 Å². The van der Waals surface area contributed by atoms with Crippen molar-refractivity contribution in [2.75, 3.05) is 0 Å². The van der Waals surface area contributed by atoms with Crippen molar-refractivity contribution < 1.29 is 13.2 Å². The van der Waals surface area contributed by atoms with E-state index in [1.54, 1.807) is 0 Å². The standard InChI is InChI=1S/C12H14ClNO3S/c13-9-4-6-12(7-5-9)18(16,17)14-10-2-1-3-11(15)8-10/h4-7,10,14H,1-3,8H2. The lowest BCUT2D eigenvalue weighted by atomic mass is 9.95. The summed E-state index contributed by atoms with van der Waals surface area (Å²) in [5.74, 6) is 0.116. The minimum Gasteiger partial charge on any atom is -0.300 e. The molecule has 1 aromatic rings. The molecule has 1 fully saturated rings. The number of carbonyl (C=O) groups is 1. The van der Waals surface area contributed by atoms with Crippen molar-refractivity contribution >= 4 is 27.4 Å². The predicted octanol–water partition coefficient (Wildman–Crippen LogP) is 2.13. The lowest BCUT2D eigenvalue weighted by molar-refractivity contribution is -0.120. The van der Waals surface area contributed by atoms with E-state index in [-0.39, 0.29) is 23.1 Å². The number of halogens is 1. The third kappa shape index (κ3) is 3.31. The van der Waals surface area contributed by atoms with Crippen LogP contribution in [0.1, 0.15) is 25.7 Å². The Hall–Kier alpha value is -0.910. The smallest absolute Gasteiger partial charge is 0.240 e. The van der Waals surface area contributed by atoms with Gasteiger partial charge >= 0.3 is 0 Å². The fourth-order valence-corrected chi connectivity index (χ4v) is 3.42. The maximum atomic E-state index is 12.1. The molecule has 1 aliphatic carbocycles. The van der Waals surface area contributed by atoms with Crippen LogP contribution in [0.2, 0.25) is 5.02 Å². The number of benzene rings is 1. The van der Waals surface area contributed by atoms with Crippen LogP contribution in [-0.4, -0.2) is 20.2 Å². The molecule has 1 atom stereocenters. The number of carbonyl (C=O) groups excluding carboxylic acids is 1. The average molecular weight is 288 g/mol. The molecular weight excluding hydrogens is 274 g/mol. The van der Waals surface area contributed by atoms with Crippen LogP contribution in [-0.2, 0) is 14.8 Å². The molecule has 0 amide bonds. The van der Waals surface area contributed by atoms with Crippen molar-refractivity contribution in [1.29, 1.82) is 0 Å². The van der Waals surface area contributed by atoms with Gasteiger partial charge in [-0.1, -0.05) is 11.6 Å². The van der Waals surface area contributed by atoms with Crippen molar-refractivity contribution in [3.63, 3.8) is 0 Å². The molecule has 1 aromatic carbocycles. The summed E-state index contributed by atoms with van der Waals surface area (Å²) < 4.78 is 26.7. The number of Topliss-reactive ketones (excluding diaryl/α,β-unsaturated/α-hetero) is 1. The largest absolute Gasteiger partial charge is 0.300 e. The van der Waals surface area contributed by atoms with Gasteiger partial charge in [-0.25, -0.2) is 13.1 Å². The molecule has 4 nitrogen and oxygen atoms in total. The van der Waals surface area contributed by atoms with E-state index in [4.69, 9.17) is 11.6 Å². The maximum Gasteiger partial charge on any atom is 0.240 e. The van der Waals surface area contributed by atoms with E-state index in [1.807, 2.05) is 0 Å². The molecule has 0 bridgehead atoms. The molecule has 0 spiro atoms. The average Bonchev–Trinajstić information content (AvgIpc) is 2.29. The van der Waals surface area contributed by atoms with Crippen LogP contribution in [0.5, 0.6) is 0 Å². The third-order valence-electron chi connectivity index (χ3n) is 2.93. The van der Waals surface area contributed by atoms with E-state index < -0.39 is 10.0 Å². The Morgan fingerprint density at radius 2 is 1.89 bits per heavy atom. The highest BCUT2D eigenvalue weighted by Crippen LogP contribution is 2.19. The fourth-order valence-electron chi connectivity index (χ4n) is 2.03. The van der Waals surface area contributed by atoms with Gasteiger partial charge < -0.3 is 0 Å². The summed E-state index contributed by atoms with van der Waals surface area (Å²) in [6, 6.07) is 5.68. The van der Waals surface area contributed by atoms with Crippen molar-refractivity contribution in [1.82, 2.24) is 4.72 Å². The molecule has 6 heteroatoms. The molecule has 98 valence electrons. The molecule has 18 heavy (non-hydrogen) atoms. The SMILES string of the molecule is O=C1CCCC(NS(=O)(=O)c2ccc(Cl)cc2)C1. The van der Waals surface area contributed by atoms with Crippen LogP contribution in [0.15, 0.2) is 29.2 Å². The molecule has 2 rings (SSSR count). The van der Waals surface area contributed by atoms with Gasteiger partial charge in [0.05, 0.1) is 4.90 Å². The Morgan fingerprint density at radius 1 is 1.22 bits per heavy atom. The Balaban J connectivity index is 2.11. The first kappa shape index (κ1) is 13.5. The van der Waals surface area contributed by atoms with Crippen molar-refractivity contribution in [2.45, 2.75) is 36.6 Å². The highest BCUT2D eigenvalue weighted by atomic mass is 35.5. The number of hydrogen-bond donors (Lipinski definition) is 1. The maximum absolute atomic E-state index is 12.1. The Morgan fingerprint density at radius 3 is 2.50 bits per heavy atom. The van der Waals surface area contributed by atoms with Crippen LogP contribution in [0, 0.1) is 0 Å². The zero-order chi connectivity index (χ0) is 13.2. The Labute approximate surface area is 111 Å². The zero-order valence-corrected chi connectivity index (χ0v) is 11.3. The summed E-state index contributed by atoms with van der Waals surface area (Å²) in [4.78, 5) is 11.5. The monoisotopic (exact) mass is 287 g/mol. The van der Waals surface area contributed by atoms with Gasteiger partial charge in [0.2, 0.25) is 10.0 Å². The van der Waals surface area contributed by atoms with Crippen molar-refractivity contribution in [3.05, 3.63) is 29.3 Å². The highest BCUT2D eigenvalue weighted by Gasteiger charge is 2.24. The van der Waals surface area contributed by atoms with Crippen molar-refractivity contribution in [3.8, 4) is 0 Å². The normalized spacial score (nSPS) is 20.9. The number of hydrogen-bond acceptors (Lipinski definition) is 3. The second-order valence-corrected chi connectivity index (χ2v) is 6.56. The van der Waals surface area contributed by atoms with Gasteiger partial charge in [-0.15, -0.1) is 0 Å². The van der Waals surface area contributed by atoms with Crippen LogP contribution < -0.4 is 4.72 Å². The van der Waals surface area contributed by atoms with Gasteiger partial charge in [-0.05, 0) is 37.1 Å².